The van der Waals surface area contributed by atoms with Crippen molar-refractivity contribution in [3.05, 3.63) is 29.0 Å². The maximum atomic E-state index is 13.4. The van der Waals surface area contributed by atoms with Crippen LogP contribution >= 0.6 is 11.6 Å². The highest BCUT2D eigenvalue weighted by Gasteiger charge is 2.68. The number of hydrogen-bond donors (Lipinski definition) is 1. The molecule has 1 N–H and O–H groups in total. The Morgan fingerprint density at radius 3 is 2.57 bits per heavy atom. The summed E-state index contributed by atoms with van der Waals surface area (Å²) in [7, 11) is 0. The number of ketones is 1. The van der Waals surface area contributed by atoms with Crippen LogP contribution in [0, 0.1) is 11.2 Å². The Hall–Kier alpha value is -1.73. The smallest absolute Gasteiger partial charge is 0.258 e. The molecule has 1 amide bonds. The van der Waals surface area contributed by atoms with Gasteiger partial charge in [0, 0.05) is 30.9 Å². The topological polar surface area (TPSA) is 64.6 Å². The van der Waals surface area contributed by atoms with E-state index in [-0.39, 0.29) is 52.7 Å². The molecule has 152 valence electrons. The molecule has 0 unspecified atom stereocenters. The van der Waals surface area contributed by atoms with Crippen molar-refractivity contribution < 1.29 is 27.8 Å². The van der Waals surface area contributed by atoms with Crippen molar-refractivity contribution >= 4 is 23.3 Å². The van der Waals surface area contributed by atoms with Gasteiger partial charge >= 0.3 is 0 Å². The van der Waals surface area contributed by atoms with Gasteiger partial charge in [-0.2, -0.15) is 0 Å². The van der Waals surface area contributed by atoms with Gasteiger partial charge in [-0.15, -0.1) is 0 Å². The molecule has 0 heterocycles. The van der Waals surface area contributed by atoms with Crippen molar-refractivity contribution in [2.24, 2.45) is 5.41 Å². The van der Waals surface area contributed by atoms with Crippen LogP contribution in [0.4, 0.5) is 8.78 Å². The van der Waals surface area contributed by atoms with Crippen LogP contribution in [0.25, 0.3) is 0 Å². The number of amides is 1. The first-order chi connectivity index (χ1) is 13.3. The maximum absolute atomic E-state index is 13.4. The molecule has 0 spiro atoms. The molecule has 4 fully saturated rings. The van der Waals surface area contributed by atoms with Crippen LogP contribution in [0.15, 0.2) is 18.2 Å². The summed E-state index contributed by atoms with van der Waals surface area (Å²) in [5, 5.41) is 2.95. The lowest BCUT2D eigenvalue weighted by atomic mass is 9.38. The number of ether oxygens (including phenoxy) is 2. The Morgan fingerprint density at radius 1 is 1.21 bits per heavy atom. The summed E-state index contributed by atoms with van der Waals surface area (Å²) in [6.45, 7) is -0.163. The van der Waals surface area contributed by atoms with Gasteiger partial charge in [0.25, 0.3) is 5.91 Å². The number of alkyl halides is 1. The van der Waals surface area contributed by atoms with Crippen LogP contribution in [0.3, 0.4) is 0 Å². The quantitative estimate of drug-likeness (QED) is 0.674. The second-order valence-corrected chi connectivity index (χ2v) is 8.85. The Labute approximate surface area is 166 Å². The minimum Gasteiger partial charge on any atom is -0.484 e. The number of carbonyl (C=O) groups excluding carboxylic acids is 2. The van der Waals surface area contributed by atoms with Crippen LogP contribution in [-0.4, -0.2) is 42.7 Å². The van der Waals surface area contributed by atoms with E-state index in [0.29, 0.717) is 19.3 Å². The van der Waals surface area contributed by atoms with Crippen LogP contribution in [-0.2, 0) is 14.3 Å². The fourth-order valence-electron chi connectivity index (χ4n) is 4.68. The fourth-order valence-corrected chi connectivity index (χ4v) is 4.80. The van der Waals surface area contributed by atoms with Crippen LogP contribution in [0.1, 0.15) is 38.5 Å². The molecule has 28 heavy (non-hydrogen) atoms. The monoisotopic (exact) mass is 413 g/mol. The van der Waals surface area contributed by atoms with Gasteiger partial charge in [0.1, 0.15) is 24.3 Å². The first-order valence-corrected chi connectivity index (χ1v) is 9.81. The second-order valence-electron chi connectivity index (χ2n) is 8.44. The molecule has 1 aromatic rings. The maximum Gasteiger partial charge on any atom is 0.258 e. The van der Waals surface area contributed by atoms with Gasteiger partial charge in [-0.05, 0) is 36.8 Å². The minimum atomic E-state index is -0.788. The lowest BCUT2D eigenvalue weighted by Crippen LogP contribution is -2.75. The number of hydrogen-bond acceptors (Lipinski definition) is 4. The molecule has 0 saturated heterocycles. The van der Waals surface area contributed by atoms with Crippen molar-refractivity contribution in [3.63, 3.8) is 0 Å². The molecule has 5 rings (SSSR count). The van der Waals surface area contributed by atoms with E-state index >= 15 is 0 Å². The number of rotatable bonds is 9. The molecule has 0 aliphatic heterocycles. The van der Waals surface area contributed by atoms with E-state index in [0.717, 1.165) is 25.3 Å². The van der Waals surface area contributed by atoms with Crippen molar-refractivity contribution in [2.75, 3.05) is 13.2 Å². The molecule has 1 aromatic carbocycles. The lowest BCUT2D eigenvalue weighted by molar-refractivity contribution is -0.175. The molecule has 0 atom stereocenters. The summed E-state index contributed by atoms with van der Waals surface area (Å²) in [6.07, 6.45) is 2.61. The van der Waals surface area contributed by atoms with E-state index in [2.05, 4.69) is 5.32 Å². The van der Waals surface area contributed by atoms with Gasteiger partial charge in [0.05, 0.1) is 11.1 Å². The lowest BCUT2D eigenvalue weighted by Gasteiger charge is -2.70. The molecule has 4 aliphatic carbocycles. The van der Waals surface area contributed by atoms with E-state index in [1.165, 1.54) is 12.1 Å². The standard InChI is InChI=1S/C20H22ClF2NO4/c21-16-2-1-14(5-17(16)23)28-8-18(26)24-20-9-19(10-20,11-20)6-13(25)7-27-15-3-12(22)4-15/h1-2,5,12,15H,3-4,6-11H2,(H,24,26). The van der Waals surface area contributed by atoms with Gasteiger partial charge in [0.2, 0.25) is 0 Å². The Morgan fingerprint density at radius 2 is 1.93 bits per heavy atom. The SMILES string of the molecule is O=C(COC1CC(F)C1)CC12CC(NC(=O)COc3ccc(Cl)c(F)c3)(C1)C2. The van der Waals surface area contributed by atoms with Crippen molar-refractivity contribution in [1.29, 1.82) is 0 Å². The predicted octanol–water partition coefficient (Wildman–Crippen LogP) is 3.37. The summed E-state index contributed by atoms with van der Waals surface area (Å²) >= 11 is 5.61. The molecule has 0 radical (unpaired) electrons. The zero-order valence-corrected chi connectivity index (χ0v) is 16.1. The van der Waals surface area contributed by atoms with E-state index in [4.69, 9.17) is 21.1 Å². The van der Waals surface area contributed by atoms with E-state index < -0.39 is 12.0 Å². The molecular formula is C20H22ClF2NO4. The molecule has 8 heteroatoms. The van der Waals surface area contributed by atoms with E-state index in [1.54, 1.807) is 0 Å². The highest BCUT2D eigenvalue weighted by molar-refractivity contribution is 6.30. The minimum absolute atomic E-state index is 0.00444. The largest absolute Gasteiger partial charge is 0.484 e. The normalized spacial score (nSPS) is 32.5. The van der Waals surface area contributed by atoms with Crippen molar-refractivity contribution in [2.45, 2.75) is 56.3 Å². The molecule has 5 nitrogen and oxygen atoms in total. The summed E-state index contributed by atoms with van der Waals surface area (Å²) < 4.78 is 36.8. The Bertz CT molecular complexity index is 777. The average molecular weight is 414 g/mol. The molecule has 0 aromatic heterocycles. The van der Waals surface area contributed by atoms with Gasteiger partial charge in [0.15, 0.2) is 12.4 Å². The number of halogens is 3. The van der Waals surface area contributed by atoms with Crippen LogP contribution < -0.4 is 10.1 Å². The van der Waals surface area contributed by atoms with Crippen LogP contribution in [0.2, 0.25) is 5.02 Å². The number of carbonyl (C=O) groups is 2. The van der Waals surface area contributed by atoms with E-state index in [1.807, 2.05) is 0 Å². The Balaban J connectivity index is 1.14. The van der Waals surface area contributed by atoms with Crippen LogP contribution in [0.5, 0.6) is 5.75 Å². The molecular weight excluding hydrogens is 392 g/mol. The predicted molar refractivity (Wildman–Crippen MR) is 97.6 cm³/mol. The zero-order chi connectivity index (χ0) is 19.9. The molecule has 4 aliphatic rings. The average Bonchev–Trinajstić information content (AvgIpc) is 2.55. The molecule has 4 saturated carbocycles. The van der Waals surface area contributed by atoms with Crippen molar-refractivity contribution in [3.8, 4) is 5.75 Å². The highest BCUT2D eigenvalue weighted by atomic mass is 35.5. The summed E-state index contributed by atoms with van der Waals surface area (Å²) in [5.74, 6) is -0.599. The third-order valence-electron chi connectivity index (χ3n) is 5.90. The first kappa shape index (κ1) is 19.6. The zero-order valence-electron chi connectivity index (χ0n) is 15.3. The van der Waals surface area contributed by atoms with Gasteiger partial charge in [-0.3, -0.25) is 9.59 Å². The summed E-state index contributed by atoms with van der Waals surface area (Å²) in [4.78, 5) is 24.2. The van der Waals surface area contributed by atoms with E-state index in [9.17, 15) is 18.4 Å². The third kappa shape index (κ3) is 4.01. The third-order valence-corrected chi connectivity index (χ3v) is 6.20. The van der Waals surface area contributed by atoms with Gasteiger partial charge in [-0.25, -0.2) is 8.78 Å². The molecule has 2 bridgehead atoms. The number of benzene rings is 1. The number of nitrogens with one attached hydrogen (secondary N) is 1. The van der Waals surface area contributed by atoms with Gasteiger partial charge < -0.3 is 14.8 Å². The Kier molecular flexibility index (Phi) is 5.08. The first-order valence-electron chi connectivity index (χ1n) is 9.43. The fraction of sp³-hybridized carbons (Fsp3) is 0.600. The second kappa shape index (κ2) is 7.26. The number of Topliss-reactive ketones (excluding diaryl/α,β-unsaturated/α-hetero) is 1. The summed E-state index contributed by atoms with van der Waals surface area (Å²) in [5.41, 5.74) is -0.279. The van der Waals surface area contributed by atoms with Crippen molar-refractivity contribution in [1.82, 2.24) is 5.32 Å². The highest BCUT2D eigenvalue weighted by Crippen LogP contribution is 2.69. The summed E-state index contributed by atoms with van der Waals surface area (Å²) in [6, 6.07) is 4.01. The van der Waals surface area contributed by atoms with Gasteiger partial charge in [-0.1, -0.05) is 11.6 Å².